The molecule has 2 fully saturated rings. The summed E-state index contributed by atoms with van der Waals surface area (Å²) in [6.45, 7) is 7.48. The molecule has 1 atom stereocenters. The van der Waals surface area contributed by atoms with Crippen molar-refractivity contribution in [2.75, 3.05) is 51.4 Å². The molecule has 3 aliphatic heterocycles. The number of hydrogen-bond acceptors (Lipinski definition) is 10. The molecule has 1 unspecified atom stereocenters. The lowest BCUT2D eigenvalue weighted by Gasteiger charge is -2.32. The van der Waals surface area contributed by atoms with Crippen LogP contribution in [0.5, 0.6) is 0 Å². The van der Waals surface area contributed by atoms with Crippen molar-refractivity contribution in [3.05, 3.63) is 29.3 Å². The zero-order chi connectivity index (χ0) is 31.1. The summed E-state index contributed by atoms with van der Waals surface area (Å²) in [5, 5.41) is 8.13. The van der Waals surface area contributed by atoms with Gasteiger partial charge in [-0.2, -0.15) is 0 Å². The maximum absolute atomic E-state index is 13.1. The molecule has 0 aliphatic carbocycles. The fourth-order valence-electron chi connectivity index (χ4n) is 5.14. The highest BCUT2D eigenvalue weighted by molar-refractivity contribution is 6.25. The minimum absolute atomic E-state index is 0.0401. The van der Waals surface area contributed by atoms with Crippen molar-refractivity contribution in [2.45, 2.75) is 64.1 Å². The highest BCUT2D eigenvalue weighted by Crippen LogP contribution is 2.32. The van der Waals surface area contributed by atoms with Crippen LogP contribution in [0.1, 0.15) is 67.2 Å². The molecular weight excluding hydrogens is 562 g/mol. The van der Waals surface area contributed by atoms with E-state index in [4.69, 9.17) is 14.2 Å². The van der Waals surface area contributed by atoms with E-state index in [0.717, 1.165) is 4.90 Å². The number of anilines is 1. The number of fused-ring (bicyclic) bond motifs is 1. The molecule has 43 heavy (non-hydrogen) atoms. The third kappa shape index (κ3) is 8.29. The maximum atomic E-state index is 13.1. The van der Waals surface area contributed by atoms with Crippen LogP contribution < -0.4 is 16.0 Å². The first-order valence-electron chi connectivity index (χ1n) is 14.5. The van der Waals surface area contributed by atoms with Crippen molar-refractivity contribution in [2.24, 2.45) is 0 Å². The van der Waals surface area contributed by atoms with Gasteiger partial charge < -0.3 is 29.7 Å². The lowest BCUT2D eigenvalue weighted by atomic mass is 10.0. The topological polar surface area (TPSA) is 173 Å². The maximum Gasteiger partial charge on any atom is 0.407 e. The monoisotopic (exact) mass is 601 g/mol. The van der Waals surface area contributed by atoms with E-state index in [0.29, 0.717) is 38.2 Å². The normalized spacial score (nSPS) is 19.3. The summed E-state index contributed by atoms with van der Waals surface area (Å²) in [7, 11) is 0. The summed E-state index contributed by atoms with van der Waals surface area (Å²) in [4.78, 5) is 76.9. The molecule has 0 saturated carbocycles. The molecular formula is C29H39N5O9. The second-order valence-electron chi connectivity index (χ2n) is 11.6. The first-order chi connectivity index (χ1) is 20.4. The van der Waals surface area contributed by atoms with Crippen molar-refractivity contribution < 1.29 is 43.0 Å². The third-order valence-electron chi connectivity index (χ3n) is 7.20. The van der Waals surface area contributed by atoms with Gasteiger partial charge in [-0.15, -0.1) is 0 Å². The van der Waals surface area contributed by atoms with Crippen LogP contribution in [-0.2, 0) is 28.6 Å². The van der Waals surface area contributed by atoms with Gasteiger partial charge in [-0.25, -0.2) is 4.79 Å². The second-order valence-corrected chi connectivity index (χ2v) is 11.6. The standard InChI is InChI=1S/C29H39N5O9/c1-29(2,3)43-28(40)31-18-9-12-33(13-10-18)23(36)17-42-16-15-41-14-11-30-20-6-4-5-19-24(20)27(39)34(26(19)38)21-7-8-22(35)32-25(21)37/h4-6,18,21,30H,7-17H2,1-3H3,(H,31,40)(H,32,35,37). The molecule has 3 N–H and O–H groups in total. The summed E-state index contributed by atoms with van der Waals surface area (Å²) in [5.74, 6) is -2.36. The molecule has 2 saturated heterocycles. The Morgan fingerprint density at radius 3 is 2.40 bits per heavy atom. The number of carbonyl (C=O) groups is 6. The first kappa shape index (κ1) is 31.9. The molecule has 0 bridgehead atoms. The molecule has 0 spiro atoms. The summed E-state index contributed by atoms with van der Waals surface area (Å²) in [5.41, 5.74) is 0.262. The molecule has 3 aliphatic rings. The lowest BCUT2D eigenvalue weighted by Crippen LogP contribution is -2.54. The summed E-state index contributed by atoms with van der Waals surface area (Å²) < 4.78 is 16.3. The summed E-state index contributed by atoms with van der Waals surface area (Å²) >= 11 is 0. The van der Waals surface area contributed by atoms with Crippen LogP contribution in [0.25, 0.3) is 0 Å². The van der Waals surface area contributed by atoms with E-state index >= 15 is 0 Å². The van der Waals surface area contributed by atoms with Crippen LogP contribution in [0.2, 0.25) is 0 Å². The molecule has 14 heteroatoms. The Bertz CT molecular complexity index is 1250. The number of alkyl carbamates (subject to hydrolysis) is 1. The minimum Gasteiger partial charge on any atom is -0.444 e. The Hall–Kier alpha value is -4.04. The number of amides is 6. The van der Waals surface area contributed by atoms with Gasteiger partial charge in [-0.1, -0.05) is 6.07 Å². The fourth-order valence-corrected chi connectivity index (χ4v) is 5.14. The third-order valence-corrected chi connectivity index (χ3v) is 7.20. The molecule has 0 radical (unpaired) electrons. The van der Waals surface area contributed by atoms with Crippen molar-refractivity contribution in [3.63, 3.8) is 0 Å². The number of nitrogens with one attached hydrogen (secondary N) is 3. The van der Waals surface area contributed by atoms with E-state index in [9.17, 15) is 28.8 Å². The van der Waals surface area contributed by atoms with Crippen molar-refractivity contribution in [1.82, 2.24) is 20.4 Å². The fraction of sp³-hybridized carbons (Fsp3) is 0.586. The van der Waals surface area contributed by atoms with E-state index in [1.54, 1.807) is 37.8 Å². The molecule has 1 aromatic carbocycles. The van der Waals surface area contributed by atoms with Gasteiger partial charge >= 0.3 is 6.09 Å². The van der Waals surface area contributed by atoms with Crippen LogP contribution >= 0.6 is 0 Å². The largest absolute Gasteiger partial charge is 0.444 e. The smallest absolute Gasteiger partial charge is 0.407 e. The van der Waals surface area contributed by atoms with E-state index in [2.05, 4.69) is 16.0 Å². The van der Waals surface area contributed by atoms with Gasteiger partial charge in [0.05, 0.1) is 30.9 Å². The minimum atomic E-state index is -1.03. The predicted molar refractivity (Wildman–Crippen MR) is 152 cm³/mol. The molecule has 1 aromatic rings. The van der Waals surface area contributed by atoms with Crippen LogP contribution in [0.4, 0.5) is 10.5 Å². The van der Waals surface area contributed by atoms with E-state index in [1.165, 1.54) is 6.07 Å². The number of imide groups is 2. The Morgan fingerprint density at radius 2 is 1.70 bits per heavy atom. The van der Waals surface area contributed by atoms with Gasteiger partial charge in [0, 0.05) is 37.8 Å². The zero-order valence-electron chi connectivity index (χ0n) is 24.7. The molecule has 6 amide bonds. The van der Waals surface area contributed by atoms with Crippen LogP contribution in [0, 0.1) is 0 Å². The predicted octanol–water partition coefficient (Wildman–Crippen LogP) is 1.05. The van der Waals surface area contributed by atoms with Crippen molar-refractivity contribution in [3.8, 4) is 0 Å². The quantitative estimate of drug-likeness (QED) is 0.246. The lowest BCUT2D eigenvalue weighted by molar-refractivity contribution is -0.138. The van der Waals surface area contributed by atoms with E-state index in [-0.39, 0.29) is 62.3 Å². The Balaban J connectivity index is 1.11. The number of carbonyl (C=O) groups excluding carboxylic acids is 6. The number of likely N-dealkylation sites (tertiary alicyclic amines) is 1. The summed E-state index contributed by atoms with van der Waals surface area (Å²) in [6, 6.07) is 3.78. The van der Waals surface area contributed by atoms with Crippen LogP contribution in [0.15, 0.2) is 18.2 Å². The van der Waals surface area contributed by atoms with Gasteiger partial charge in [0.1, 0.15) is 18.2 Å². The molecule has 3 heterocycles. The van der Waals surface area contributed by atoms with Gasteiger partial charge in [0.15, 0.2) is 0 Å². The number of benzene rings is 1. The summed E-state index contributed by atoms with van der Waals surface area (Å²) in [6.07, 6.45) is 0.967. The average molecular weight is 602 g/mol. The van der Waals surface area contributed by atoms with E-state index < -0.39 is 41.4 Å². The Kier molecular flexibility index (Phi) is 10.3. The number of ether oxygens (including phenoxy) is 3. The molecule has 4 rings (SSSR count). The second kappa shape index (κ2) is 14.0. The highest BCUT2D eigenvalue weighted by atomic mass is 16.6. The van der Waals surface area contributed by atoms with Gasteiger partial charge in [-0.3, -0.25) is 34.2 Å². The Morgan fingerprint density at radius 1 is 0.977 bits per heavy atom. The zero-order valence-corrected chi connectivity index (χ0v) is 24.7. The number of hydrogen-bond donors (Lipinski definition) is 3. The molecule has 234 valence electrons. The number of nitrogens with zero attached hydrogens (tertiary/aromatic N) is 2. The Labute approximate surface area is 249 Å². The van der Waals surface area contributed by atoms with Crippen LogP contribution in [-0.4, -0.2) is 109 Å². The van der Waals surface area contributed by atoms with Gasteiger partial charge in [-0.05, 0) is 52.2 Å². The number of rotatable bonds is 11. The van der Waals surface area contributed by atoms with Crippen LogP contribution in [0.3, 0.4) is 0 Å². The average Bonchev–Trinajstić information content (AvgIpc) is 3.19. The SMILES string of the molecule is CC(C)(C)OC(=O)NC1CCN(C(=O)COCCOCCNc2cccc3c2C(=O)N(C2CCC(=O)NC2=O)C3=O)CC1. The van der Waals surface area contributed by atoms with Gasteiger partial charge in [0.2, 0.25) is 17.7 Å². The number of piperidine rings is 2. The first-order valence-corrected chi connectivity index (χ1v) is 14.5. The van der Waals surface area contributed by atoms with Crippen molar-refractivity contribution >= 4 is 41.3 Å². The van der Waals surface area contributed by atoms with Gasteiger partial charge in [0.25, 0.3) is 11.8 Å². The molecule has 14 nitrogen and oxygen atoms in total. The highest BCUT2D eigenvalue weighted by Gasteiger charge is 2.45. The molecule has 0 aromatic heterocycles. The van der Waals surface area contributed by atoms with E-state index in [1.807, 2.05) is 0 Å². The van der Waals surface area contributed by atoms with Crippen molar-refractivity contribution in [1.29, 1.82) is 0 Å².